The van der Waals surface area contributed by atoms with Crippen molar-refractivity contribution in [3.63, 3.8) is 0 Å². The van der Waals surface area contributed by atoms with E-state index in [9.17, 15) is 19.1 Å². The Morgan fingerprint density at radius 1 is 1.05 bits per heavy atom. The van der Waals surface area contributed by atoms with Gasteiger partial charge in [-0.15, -0.1) is 0 Å². The Balaban J connectivity index is 3.91. The molecule has 0 aliphatic heterocycles. The van der Waals surface area contributed by atoms with Crippen molar-refractivity contribution in [2.75, 3.05) is 0 Å². The molecule has 0 spiro atoms. The van der Waals surface area contributed by atoms with Crippen LogP contribution in [-0.4, -0.2) is 15.3 Å². The molecule has 0 saturated heterocycles. The molecule has 1 rings (SSSR count). The third-order valence-electron chi connectivity index (χ3n) is 3.43. The zero-order valence-electron chi connectivity index (χ0n) is 13.9. The molecule has 0 aliphatic rings. The average Bonchev–Trinajstić information content (AvgIpc) is 2.32. The number of benzene rings is 1. The first-order chi connectivity index (χ1) is 9.71. The van der Waals surface area contributed by atoms with Gasteiger partial charge in [0.25, 0.3) is 5.52 Å². The van der Waals surface area contributed by atoms with Crippen LogP contribution in [0.2, 0.25) is 0 Å². The van der Waals surface area contributed by atoms with Crippen LogP contribution in [0.5, 0.6) is 0 Å². The molecular weight excluding hydrogens is 367 g/mol. The normalized spacial score (nSPS) is 13.3. The van der Waals surface area contributed by atoms with Crippen LogP contribution in [0.3, 0.4) is 0 Å². The fourth-order valence-corrected chi connectivity index (χ4v) is 3.70. The van der Waals surface area contributed by atoms with Gasteiger partial charge < -0.3 is 9.79 Å². The van der Waals surface area contributed by atoms with Crippen molar-refractivity contribution in [3.05, 3.63) is 34.4 Å². The predicted octanol–water partition coefficient (Wildman–Crippen LogP) is 4.49. The van der Waals surface area contributed by atoms with Crippen LogP contribution < -0.4 is 0 Å². The summed E-state index contributed by atoms with van der Waals surface area (Å²) < 4.78 is 11.5. The standard InChI is InChI=1S/C16H24BrO4P/c1-15(2,3)12-10(9-17)7-8-11(13(12)16(4,5)6)14(18)22(19,20)21/h7-8H,9H2,1-6H3,(H2,19,20,21). The summed E-state index contributed by atoms with van der Waals surface area (Å²) in [5.74, 6) is 0. The van der Waals surface area contributed by atoms with Gasteiger partial charge in [0.1, 0.15) is 0 Å². The van der Waals surface area contributed by atoms with E-state index in [2.05, 4.69) is 15.9 Å². The number of alkyl halides is 1. The number of rotatable bonds is 3. The van der Waals surface area contributed by atoms with Crippen molar-refractivity contribution in [2.24, 2.45) is 0 Å². The van der Waals surface area contributed by atoms with Crippen LogP contribution in [0.4, 0.5) is 0 Å². The van der Waals surface area contributed by atoms with Crippen molar-refractivity contribution in [1.29, 1.82) is 0 Å². The molecular formula is C16H24BrO4P. The van der Waals surface area contributed by atoms with Gasteiger partial charge in [-0.05, 0) is 27.5 Å². The first-order valence-electron chi connectivity index (χ1n) is 7.04. The Kier molecular flexibility index (Phi) is 5.51. The minimum Gasteiger partial charge on any atom is -0.319 e. The topological polar surface area (TPSA) is 74.6 Å². The van der Waals surface area contributed by atoms with Gasteiger partial charge in [0, 0.05) is 10.9 Å². The van der Waals surface area contributed by atoms with E-state index >= 15 is 0 Å². The second-order valence-corrected chi connectivity index (χ2v) is 9.56. The third kappa shape index (κ3) is 4.08. The highest BCUT2D eigenvalue weighted by Crippen LogP contribution is 2.45. The van der Waals surface area contributed by atoms with E-state index in [1.165, 1.54) is 6.07 Å². The Morgan fingerprint density at radius 3 is 1.82 bits per heavy atom. The quantitative estimate of drug-likeness (QED) is 0.588. The summed E-state index contributed by atoms with van der Waals surface area (Å²) in [5.41, 5.74) is 1.05. The van der Waals surface area contributed by atoms with Gasteiger partial charge in [0.15, 0.2) is 0 Å². The lowest BCUT2D eigenvalue weighted by molar-refractivity contribution is 0.104. The van der Waals surface area contributed by atoms with E-state index in [4.69, 9.17) is 0 Å². The molecule has 1 aromatic carbocycles. The van der Waals surface area contributed by atoms with Crippen molar-refractivity contribution in [2.45, 2.75) is 57.7 Å². The number of carbonyl (C=O) groups excluding carboxylic acids is 1. The summed E-state index contributed by atoms with van der Waals surface area (Å²) in [7, 11) is -4.82. The van der Waals surface area contributed by atoms with Crippen LogP contribution in [-0.2, 0) is 20.7 Å². The maximum atomic E-state index is 12.2. The van der Waals surface area contributed by atoms with E-state index in [0.29, 0.717) is 10.9 Å². The zero-order chi connectivity index (χ0) is 17.5. The van der Waals surface area contributed by atoms with E-state index in [0.717, 1.165) is 11.1 Å². The van der Waals surface area contributed by atoms with Crippen molar-refractivity contribution in [1.82, 2.24) is 0 Å². The molecule has 0 aromatic heterocycles. The summed E-state index contributed by atoms with van der Waals surface area (Å²) >= 11 is 3.46. The van der Waals surface area contributed by atoms with E-state index in [-0.39, 0.29) is 11.0 Å². The van der Waals surface area contributed by atoms with E-state index in [1.54, 1.807) is 6.07 Å². The summed E-state index contributed by atoms with van der Waals surface area (Å²) in [5, 5.41) is 0.618. The van der Waals surface area contributed by atoms with Crippen LogP contribution in [0, 0.1) is 0 Å². The molecule has 0 fully saturated rings. The first-order valence-corrected chi connectivity index (χ1v) is 9.78. The summed E-state index contributed by atoms with van der Waals surface area (Å²) in [6.07, 6.45) is 0. The second kappa shape index (κ2) is 6.20. The van der Waals surface area contributed by atoms with Gasteiger partial charge in [-0.25, -0.2) is 0 Å². The SMILES string of the molecule is CC(C)(C)c1c(CBr)ccc(C(=O)P(=O)(O)O)c1C(C)(C)C. The van der Waals surface area contributed by atoms with Crippen molar-refractivity contribution >= 4 is 29.1 Å². The molecule has 0 aliphatic carbocycles. The third-order valence-corrected chi connectivity index (χ3v) is 4.80. The zero-order valence-corrected chi connectivity index (χ0v) is 16.4. The maximum absolute atomic E-state index is 12.2. The van der Waals surface area contributed by atoms with Gasteiger partial charge in [0.05, 0.1) is 0 Å². The smallest absolute Gasteiger partial charge is 0.319 e. The fraction of sp³-hybridized carbons (Fsp3) is 0.562. The highest BCUT2D eigenvalue weighted by molar-refractivity contribution is 9.08. The minimum absolute atomic E-state index is 0.121. The summed E-state index contributed by atoms with van der Waals surface area (Å²) in [6.45, 7) is 12.0. The lowest BCUT2D eigenvalue weighted by Gasteiger charge is -2.34. The van der Waals surface area contributed by atoms with Crippen LogP contribution in [0.25, 0.3) is 0 Å². The van der Waals surface area contributed by atoms with Crippen LogP contribution >= 0.6 is 23.5 Å². The molecule has 0 unspecified atom stereocenters. The fourth-order valence-electron chi connectivity index (χ4n) is 2.73. The first kappa shape index (κ1) is 19.6. The molecule has 0 atom stereocenters. The molecule has 6 heteroatoms. The van der Waals surface area contributed by atoms with Crippen LogP contribution in [0.15, 0.2) is 12.1 Å². The number of carbonyl (C=O) groups is 1. The molecule has 1 aromatic rings. The van der Waals surface area contributed by atoms with Gasteiger partial charge in [-0.2, -0.15) is 0 Å². The van der Waals surface area contributed by atoms with Crippen LogP contribution in [0.1, 0.15) is 68.6 Å². The molecule has 2 N–H and O–H groups in total. The number of hydrogen-bond donors (Lipinski definition) is 2. The molecule has 0 heterocycles. The number of halogens is 1. The van der Waals surface area contributed by atoms with Gasteiger partial charge in [-0.1, -0.05) is 69.6 Å². The number of hydrogen-bond acceptors (Lipinski definition) is 2. The highest BCUT2D eigenvalue weighted by atomic mass is 79.9. The average molecular weight is 391 g/mol. The van der Waals surface area contributed by atoms with E-state index < -0.39 is 18.5 Å². The predicted molar refractivity (Wildman–Crippen MR) is 92.8 cm³/mol. The maximum Gasteiger partial charge on any atom is 0.396 e. The molecule has 0 bridgehead atoms. The summed E-state index contributed by atoms with van der Waals surface area (Å²) in [6, 6.07) is 3.31. The highest BCUT2D eigenvalue weighted by Gasteiger charge is 2.36. The van der Waals surface area contributed by atoms with Crippen molar-refractivity contribution < 1.29 is 19.1 Å². The lowest BCUT2D eigenvalue weighted by Crippen LogP contribution is -2.27. The molecule has 0 radical (unpaired) electrons. The Labute approximate surface area is 140 Å². The van der Waals surface area contributed by atoms with Gasteiger partial charge in [0.2, 0.25) is 0 Å². The molecule has 22 heavy (non-hydrogen) atoms. The lowest BCUT2D eigenvalue weighted by atomic mass is 9.71. The largest absolute Gasteiger partial charge is 0.396 e. The molecule has 4 nitrogen and oxygen atoms in total. The van der Waals surface area contributed by atoms with Crippen molar-refractivity contribution in [3.8, 4) is 0 Å². The minimum atomic E-state index is -4.82. The Bertz CT molecular complexity index is 633. The monoisotopic (exact) mass is 390 g/mol. The van der Waals surface area contributed by atoms with Gasteiger partial charge in [-0.3, -0.25) is 9.36 Å². The van der Waals surface area contributed by atoms with Gasteiger partial charge >= 0.3 is 7.60 Å². The second-order valence-electron chi connectivity index (χ2n) is 7.51. The molecule has 0 saturated carbocycles. The summed E-state index contributed by atoms with van der Waals surface area (Å²) in [4.78, 5) is 30.8. The molecule has 124 valence electrons. The molecule has 0 amide bonds. The van der Waals surface area contributed by atoms with E-state index in [1.807, 2.05) is 41.5 Å². The Hall–Kier alpha value is -0.480. The Morgan fingerprint density at radius 2 is 1.50 bits per heavy atom.